The molecule has 0 fully saturated rings. The van der Waals surface area contributed by atoms with E-state index in [-0.39, 0.29) is 11.3 Å². The average molecular weight is 545 g/mol. The number of hydrazone groups is 1. The smallest absolute Gasteiger partial charge is 0.242 e. The molecular weight excluding hydrogens is 512 g/mol. The predicted octanol–water partition coefficient (Wildman–Crippen LogP) is 4.97. The highest BCUT2D eigenvalue weighted by atomic mass is 32.2. The van der Waals surface area contributed by atoms with Crippen molar-refractivity contribution in [3.8, 4) is 11.4 Å². The number of ether oxygens (including phenoxy) is 1. The summed E-state index contributed by atoms with van der Waals surface area (Å²) < 4.78 is 36.1. The van der Waals surface area contributed by atoms with Gasteiger partial charge in [0.2, 0.25) is 15.9 Å². The average Bonchev–Trinajstić information content (AvgIpc) is 3.21. The molecule has 0 aliphatic rings. The van der Waals surface area contributed by atoms with Crippen LogP contribution in [0, 0.1) is 20.8 Å². The number of nitrogens with zero attached hydrogens (tertiary/aromatic N) is 2. The number of hydrogen-bond acceptors (Lipinski definition) is 5. The van der Waals surface area contributed by atoms with Gasteiger partial charge >= 0.3 is 0 Å². The van der Waals surface area contributed by atoms with Gasteiger partial charge in [-0.2, -0.15) is 5.10 Å². The Hall–Kier alpha value is -4.21. The number of carbonyl (C=O) groups is 1. The summed E-state index contributed by atoms with van der Waals surface area (Å²) in [4.78, 5) is 13.0. The molecule has 4 aromatic rings. The molecule has 0 bridgehead atoms. The van der Waals surface area contributed by atoms with Gasteiger partial charge in [0.1, 0.15) is 5.75 Å². The lowest BCUT2D eigenvalue weighted by molar-refractivity contribution is -0.121. The molecule has 0 aliphatic heterocycles. The van der Waals surface area contributed by atoms with Gasteiger partial charge in [-0.3, -0.25) is 4.79 Å². The minimum Gasteiger partial charge on any atom is -0.497 e. The fourth-order valence-corrected chi connectivity index (χ4v) is 5.56. The summed E-state index contributed by atoms with van der Waals surface area (Å²) in [6, 6.07) is 24.5. The number of nitrogens with one attached hydrogen (secondary N) is 2. The van der Waals surface area contributed by atoms with Gasteiger partial charge in [-0.1, -0.05) is 48.0 Å². The SMILES string of the molecule is COc1ccc(-n2c(C)cc(/C=N\NC(=O)C[C@H](NS(=O)(=O)c3ccc(C)cc3)c3ccccc3)c2C)cc1. The third kappa shape index (κ3) is 6.81. The van der Waals surface area contributed by atoms with E-state index in [1.54, 1.807) is 61.9 Å². The molecule has 0 aliphatic carbocycles. The van der Waals surface area contributed by atoms with Gasteiger partial charge < -0.3 is 9.30 Å². The van der Waals surface area contributed by atoms with Crippen LogP contribution < -0.4 is 14.9 Å². The van der Waals surface area contributed by atoms with Crippen LogP contribution >= 0.6 is 0 Å². The van der Waals surface area contributed by atoms with Crippen molar-refractivity contribution >= 4 is 22.1 Å². The summed E-state index contributed by atoms with van der Waals surface area (Å²) in [5, 5.41) is 4.15. The molecule has 8 nitrogen and oxygen atoms in total. The number of methoxy groups -OCH3 is 1. The zero-order valence-electron chi connectivity index (χ0n) is 22.4. The van der Waals surface area contributed by atoms with E-state index in [1.165, 1.54) is 0 Å². The highest BCUT2D eigenvalue weighted by Crippen LogP contribution is 2.23. The van der Waals surface area contributed by atoms with Gasteiger partial charge in [-0.25, -0.2) is 18.6 Å². The molecule has 0 saturated carbocycles. The van der Waals surface area contributed by atoms with Crippen molar-refractivity contribution in [2.75, 3.05) is 7.11 Å². The molecule has 0 saturated heterocycles. The van der Waals surface area contributed by atoms with Crippen LogP contribution in [-0.2, 0) is 14.8 Å². The summed E-state index contributed by atoms with van der Waals surface area (Å²) >= 11 is 0. The predicted molar refractivity (Wildman–Crippen MR) is 153 cm³/mol. The summed E-state index contributed by atoms with van der Waals surface area (Å²) in [5.41, 5.74) is 7.99. The fourth-order valence-electron chi connectivity index (χ4n) is 4.34. The fraction of sp³-hybridized carbons (Fsp3) is 0.200. The van der Waals surface area contributed by atoms with Crippen molar-refractivity contribution < 1.29 is 17.9 Å². The maximum atomic E-state index is 13.1. The third-order valence-corrected chi connectivity index (χ3v) is 7.90. The topological polar surface area (TPSA) is 102 Å². The van der Waals surface area contributed by atoms with Crippen molar-refractivity contribution in [1.82, 2.24) is 14.7 Å². The molecule has 0 spiro atoms. The Balaban J connectivity index is 1.47. The van der Waals surface area contributed by atoms with E-state index in [4.69, 9.17) is 4.74 Å². The molecule has 4 rings (SSSR count). The lowest BCUT2D eigenvalue weighted by atomic mass is 10.0. The monoisotopic (exact) mass is 544 g/mol. The minimum absolute atomic E-state index is 0.128. The second-order valence-corrected chi connectivity index (χ2v) is 11.0. The van der Waals surface area contributed by atoms with E-state index in [9.17, 15) is 13.2 Å². The highest BCUT2D eigenvalue weighted by Gasteiger charge is 2.23. The molecular formula is C30H32N4O4S. The number of rotatable bonds is 10. The van der Waals surface area contributed by atoms with Crippen LogP contribution in [0.3, 0.4) is 0 Å². The van der Waals surface area contributed by atoms with E-state index < -0.39 is 22.0 Å². The number of sulfonamides is 1. The first kappa shape index (κ1) is 27.8. The second-order valence-electron chi connectivity index (χ2n) is 9.25. The van der Waals surface area contributed by atoms with Crippen LogP contribution in [0.4, 0.5) is 0 Å². The van der Waals surface area contributed by atoms with E-state index in [1.807, 2.05) is 57.2 Å². The molecule has 2 N–H and O–H groups in total. The van der Waals surface area contributed by atoms with Crippen LogP contribution in [0.2, 0.25) is 0 Å². The van der Waals surface area contributed by atoms with E-state index in [2.05, 4.69) is 19.8 Å². The van der Waals surface area contributed by atoms with E-state index in [0.717, 1.165) is 34.0 Å². The van der Waals surface area contributed by atoms with Gasteiger partial charge in [-0.15, -0.1) is 0 Å². The van der Waals surface area contributed by atoms with Gasteiger partial charge in [-0.05, 0) is 68.8 Å². The molecule has 1 amide bonds. The summed E-state index contributed by atoms with van der Waals surface area (Å²) in [7, 11) is -2.22. The number of carbonyl (C=O) groups excluding carboxylic acids is 1. The maximum Gasteiger partial charge on any atom is 0.242 e. The molecule has 1 atom stereocenters. The zero-order valence-corrected chi connectivity index (χ0v) is 23.2. The molecule has 39 heavy (non-hydrogen) atoms. The Morgan fingerprint density at radius 2 is 1.64 bits per heavy atom. The van der Waals surface area contributed by atoms with Gasteiger partial charge in [0, 0.05) is 29.1 Å². The molecule has 202 valence electrons. The maximum absolute atomic E-state index is 13.1. The van der Waals surface area contributed by atoms with Crippen molar-refractivity contribution in [2.45, 2.75) is 38.1 Å². The van der Waals surface area contributed by atoms with Crippen LogP contribution in [0.15, 0.2) is 94.9 Å². The van der Waals surface area contributed by atoms with Crippen LogP contribution in [0.25, 0.3) is 5.69 Å². The Kier molecular flexibility index (Phi) is 8.63. The van der Waals surface area contributed by atoms with Crippen molar-refractivity contribution in [2.24, 2.45) is 5.10 Å². The molecule has 0 radical (unpaired) electrons. The van der Waals surface area contributed by atoms with Crippen molar-refractivity contribution in [3.05, 3.63) is 113 Å². The Morgan fingerprint density at radius 1 is 0.974 bits per heavy atom. The van der Waals surface area contributed by atoms with Gasteiger partial charge in [0.15, 0.2) is 0 Å². The number of aromatic nitrogens is 1. The van der Waals surface area contributed by atoms with E-state index >= 15 is 0 Å². The first-order chi connectivity index (χ1) is 18.7. The lowest BCUT2D eigenvalue weighted by Crippen LogP contribution is -2.32. The summed E-state index contributed by atoms with van der Waals surface area (Å²) in [6.07, 6.45) is 1.46. The minimum atomic E-state index is -3.85. The van der Waals surface area contributed by atoms with Crippen molar-refractivity contribution in [1.29, 1.82) is 0 Å². The van der Waals surface area contributed by atoms with Crippen molar-refractivity contribution in [3.63, 3.8) is 0 Å². The molecule has 1 aromatic heterocycles. The quantitative estimate of drug-likeness (QED) is 0.217. The number of amides is 1. The third-order valence-electron chi connectivity index (χ3n) is 6.41. The number of hydrogen-bond donors (Lipinski definition) is 2. The molecule has 9 heteroatoms. The van der Waals surface area contributed by atoms with Crippen LogP contribution in [0.5, 0.6) is 5.75 Å². The van der Waals surface area contributed by atoms with Gasteiger partial charge in [0.05, 0.1) is 24.3 Å². The van der Waals surface area contributed by atoms with Crippen LogP contribution in [0.1, 0.15) is 40.5 Å². The standard InChI is InChI=1S/C30H32N4O4S/c1-21-10-16-28(17-11-21)39(36,37)33-29(24-8-6-5-7-9-24)19-30(35)32-31-20-25-18-22(2)34(23(25)3)26-12-14-27(38-4)15-13-26/h5-18,20,29,33H,19H2,1-4H3,(H,32,35)/b31-20-/t29-/m0/s1. The first-order valence-corrected chi connectivity index (χ1v) is 14.0. The lowest BCUT2D eigenvalue weighted by Gasteiger charge is -2.18. The molecule has 1 heterocycles. The largest absolute Gasteiger partial charge is 0.497 e. The zero-order chi connectivity index (χ0) is 28.0. The number of benzene rings is 3. The van der Waals surface area contributed by atoms with Crippen LogP contribution in [-0.4, -0.2) is 32.2 Å². The summed E-state index contributed by atoms with van der Waals surface area (Å²) in [5.74, 6) is 0.358. The van der Waals surface area contributed by atoms with E-state index in [0.29, 0.717) is 5.56 Å². The second kappa shape index (κ2) is 12.1. The highest BCUT2D eigenvalue weighted by molar-refractivity contribution is 7.89. The Labute approximate surface area is 229 Å². The molecule has 0 unspecified atom stereocenters. The van der Waals surface area contributed by atoms with Gasteiger partial charge in [0.25, 0.3) is 0 Å². The Bertz CT molecular complexity index is 1560. The first-order valence-electron chi connectivity index (χ1n) is 12.5. The summed E-state index contributed by atoms with van der Waals surface area (Å²) in [6.45, 7) is 5.86. The normalized spacial score (nSPS) is 12.4. The number of aryl methyl sites for hydroxylation is 2. The molecule has 3 aromatic carbocycles. The Morgan fingerprint density at radius 3 is 2.28 bits per heavy atom.